The first kappa shape index (κ1) is 22.4. The highest BCUT2D eigenvalue weighted by atomic mass is 16.5. The van der Waals surface area contributed by atoms with Crippen molar-refractivity contribution in [2.75, 3.05) is 12.0 Å². The minimum absolute atomic E-state index is 0.247. The van der Waals surface area contributed by atoms with Crippen molar-refractivity contribution < 1.29 is 19.1 Å². The van der Waals surface area contributed by atoms with Gasteiger partial charge in [-0.2, -0.15) is 5.10 Å². The Balaban J connectivity index is 1.35. The quantitative estimate of drug-likeness (QED) is 0.301. The van der Waals surface area contributed by atoms with E-state index >= 15 is 0 Å². The van der Waals surface area contributed by atoms with Crippen LogP contribution < -0.4 is 9.64 Å². The van der Waals surface area contributed by atoms with E-state index in [-0.39, 0.29) is 17.6 Å². The zero-order valence-corrected chi connectivity index (χ0v) is 20.5. The Morgan fingerprint density at radius 2 is 1.53 bits per heavy atom. The second-order valence-electron chi connectivity index (χ2n) is 9.83. The fraction of sp³-hybridized carbons (Fsp3) is 0.161. The van der Waals surface area contributed by atoms with Crippen LogP contribution in [0.5, 0.6) is 5.75 Å². The Labute approximate surface area is 218 Å². The summed E-state index contributed by atoms with van der Waals surface area (Å²) in [6, 6.07) is 26.5. The number of anilines is 1. The topological polar surface area (TPSA) is 79.3 Å². The van der Waals surface area contributed by atoms with Gasteiger partial charge in [0, 0.05) is 5.56 Å². The number of hydrogen-bond donors (Lipinski definition) is 0. The van der Waals surface area contributed by atoms with E-state index in [4.69, 9.17) is 4.74 Å². The van der Waals surface area contributed by atoms with Gasteiger partial charge in [-0.15, -0.1) is 0 Å². The molecule has 0 N–H and O–H groups in total. The summed E-state index contributed by atoms with van der Waals surface area (Å²) in [7, 11) is 1.56. The van der Waals surface area contributed by atoms with Gasteiger partial charge in [0.25, 0.3) is 0 Å². The van der Waals surface area contributed by atoms with Gasteiger partial charge < -0.3 is 4.74 Å². The summed E-state index contributed by atoms with van der Waals surface area (Å²) in [6.45, 7) is 0. The van der Waals surface area contributed by atoms with Gasteiger partial charge in [-0.3, -0.25) is 19.4 Å². The van der Waals surface area contributed by atoms with Crippen molar-refractivity contribution in [3.8, 4) is 5.75 Å². The molecule has 2 amide bonds. The summed E-state index contributed by atoms with van der Waals surface area (Å²) in [5.41, 5.74) is 2.73. The zero-order valence-electron chi connectivity index (χ0n) is 20.5. The molecule has 3 aliphatic heterocycles. The van der Waals surface area contributed by atoms with Gasteiger partial charge in [-0.1, -0.05) is 54.6 Å². The molecule has 0 unspecified atom stereocenters. The van der Waals surface area contributed by atoms with E-state index in [1.165, 1.54) is 4.90 Å². The van der Waals surface area contributed by atoms with Gasteiger partial charge in [-0.05, 0) is 58.3 Å². The van der Waals surface area contributed by atoms with Gasteiger partial charge in [0.1, 0.15) is 11.8 Å². The van der Waals surface area contributed by atoms with Crippen molar-refractivity contribution in [2.45, 2.75) is 12.1 Å². The summed E-state index contributed by atoms with van der Waals surface area (Å²) in [6.07, 6.45) is 1.71. The molecule has 7 heteroatoms. The number of imide groups is 1. The molecule has 4 aromatic rings. The number of hydrazone groups is 1. The van der Waals surface area contributed by atoms with Crippen LogP contribution in [0.2, 0.25) is 0 Å². The lowest BCUT2D eigenvalue weighted by molar-refractivity contribution is -0.124. The molecular formula is C31H23N3O4. The Morgan fingerprint density at radius 1 is 0.816 bits per heavy atom. The summed E-state index contributed by atoms with van der Waals surface area (Å²) < 4.78 is 5.24. The lowest BCUT2D eigenvalue weighted by atomic mass is 9.83. The molecule has 0 bridgehead atoms. The smallest absolute Gasteiger partial charge is 0.240 e. The summed E-state index contributed by atoms with van der Waals surface area (Å²) in [5.74, 6) is -1.89. The second-order valence-corrected chi connectivity index (χ2v) is 9.83. The van der Waals surface area contributed by atoms with E-state index in [1.807, 2.05) is 60.7 Å². The van der Waals surface area contributed by atoms with Crippen LogP contribution in [0.1, 0.15) is 27.5 Å². The van der Waals surface area contributed by atoms with Gasteiger partial charge in [-0.25, -0.2) is 4.90 Å². The summed E-state index contributed by atoms with van der Waals surface area (Å²) >= 11 is 0. The molecule has 0 spiro atoms. The van der Waals surface area contributed by atoms with Crippen molar-refractivity contribution in [3.05, 3.63) is 108 Å². The van der Waals surface area contributed by atoms with Crippen molar-refractivity contribution in [3.63, 3.8) is 0 Å². The Morgan fingerprint density at radius 3 is 2.32 bits per heavy atom. The number of Topliss-reactive ketones (excluding diaryl/α,β-unsaturated/α-hetero) is 1. The zero-order chi connectivity index (χ0) is 26.0. The van der Waals surface area contributed by atoms with E-state index in [0.717, 1.165) is 21.9 Å². The first-order valence-electron chi connectivity index (χ1n) is 12.5. The van der Waals surface area contributed by atoms with Gasteiger partial charge in [0.15, 0.2) is 5.78 Å². The van der Waals surface area contributed by atoms with Crippen LogP contribution in [0, 0.1) is 11.8 Å². The number of amides is 2. The highest BCUT2D eigenvalue weighted by molar-refractivity contribution is 6.25. The molecule has 0 aromatic heterocycles. The molecule has 38 heavy (non-hydrogen) atoms. The standard InChI is InChI=1S/C31H23N3O4/c1-38-23-14-11-19(12-15-23)29(35)28-26-25(27-24-9-5-4-8-21(24)17-32-34(27)28)30(36)33(31(26)37)22-13-10-18-6-2-3-7-20(18)16-22/h2-17,25-28H,1H3/t25-,26+,27-,28-/m1/s1. The van der Waals surface area contributed by atoms with Crippen molar-refractivity contribution in [1.82, 2.24) is 5.01 Å². The van der Waals surface area contributed by atoms with Crippen LogP contribution >= 0.6 is 0 Å². The molecule has 0 aliphatic carbocycles. The molecule has 4 aromatic carbocycles. The van der Waals surface area contributed by atoms with Gasteiger partial charge in [0.05, 0.1) is 36.9 Å². The van der Waals surface area contributed by atoms with Crippen LogP contribution in [-0.4, -0.2) is 42.0 Å². The fourth-order valence-electron chi connectivity index (χ4n) is 6.16. The monoisotopic (exact) mass is 501 g/mol. The van der Waals surface area contributed by atoms with E-state index in [1.54, 1.807) is 48.7 Å². The van der Waals surface area contributed by atoms with Crippen LogP contribution in [0.15, 0.2) is 96.1 Å². The maximum absolute atomic E-state index is 14.1. The molecule has 0 saturated carbocycles. The molecule has 186 valence electrons. The SMILES string of the molecule is COc1ccc(C(=O)[C@H]2[C@H]3C(=O)N(c4ccc5ccccc5c4)C(=O)[C@H]3[C@H]3c4ccccc4C=NN32)cc1. The molecule has 4 atom stereocenters. The third-order valence-electron chi connectivity index (χ3n) is 7.93. The Hall–Kier alpha value is -4.78. The van der Waals surface area contributed by atoms with Crippen LogP contribution in [-0.2, 0) is 9.59 Å². The number of ether oxygens (including phenoxy) is 1. The van der Waals surface area contributed by atoms with Gasteiger partial charge in [0.2, 0.25) is 11.8 Å². The average molecular weight is 502 g/mol. The van der Waals surface area contributed by atoms with Crippen LogP contribution in [0.25, 0.3) is 10.8 Å². The highest BCUT2D eigenvalue weighted by Crippen LogP contribution is 2.53. The molecule has 7 nitrogen and oxygen atoms in total. The maximum atomic E-state index is 14.1. The largest absolute Gasteiger partial charge is 0.497 e. The first-order chi connectivity index (χ1) is 18.6. The minimum Gasteiger partial charge on any atom is -0.497 e. The van der Waals surface area contributed by atoms with E-state index in [2.05, 4.69) is 5.10 Å². The molecule has 3 aliphatic rings. The third kappa shape index (κ3) is 3.14. The number of hydrogen-bond acceptors (Lipinski definition) is 6. The number of carbonyl (C=O) groups excluding carboxylic acids is 3. The summed E-state index contributed by atoms with van der Waals surface area (Å²) in [4.78, 5) is 43.4. The summed E-state index contributed by atoms with van der Waals surface area (Å²) in [5, 5.41) is 8.25. The predicted octanol–water partition coefficient (Wildman–Crippen LogP) is 4.61. The number of carbonyl (C=O) groups is 3. The van der Waals surface area contributed by atoms with Crippen molar-refractivity contribution >= 4 is 40.3 Å². The normalized spacial score (nSPS) is 23.4. The number of fused-ring (bicyclic) bond motifs is 6. The minimum atomic E-state index is -0.912. The molecule has 2 saturated heterocycles. The number of rotatable bonds is 4. The van der Waals surface area contributed by atoms with E-state index < -0.39 is 23.9 Å². The lowest BCUT2D eigenvalue weighted by Gasteiger charge is -2.33. The van der Waals surface area contributed by atoms with Gasteiger partial charge >= 0.3 is 0 Å². The molecule has 3 heterocycles. The van der Waals surface area contributed by atoms with Crippen LogP contribution in [0.4, 0.5) is 5.69 Å². The van der Waals surface area contributed by atoms with E-state index in [9.17, 15) is 14.4 Å². The number of ketones is 1. The first-order valence-corrected chi connectivity index (χ1v) is 12.5. The average Bonchev–Trinajstić information content (AvgIpc) is 3.44. The number of methoxy groups -OCH3 is 1. The molecule has 0 radical (unpaired) electrons. The molecule has 2 fully saturated rings. The Kier molecular flexibility index (Phi) is 4.94. The molecule has 7 rings (SSSR count). The number of benzene rings is 4. The molecular weight excluding hydrogens is 478 g/mol. The fourth-order valence-corrected chi connectivity index (χ4v) is 6.16. The van der Waals surface area contributed by atoms with Crippen LogP contribution in [0.3, 0.4) is 0 Å². The maximum Gasteiger partial charge on any atom is 0.240 e. The second kappa shape index (κ2) is 8.38. The Bertz CT molecular complexity index is 1660. The van der Waals surface area contributed by atoms with Crippen molar-refractivity contribution in [2.24, 2.45) is 16.9 Å². The van der Waals surface area contributed by atoms with E-state index in [0.29, 0.717) is 17.0 Å². The highest BCUT2D eigenvalue weighted by Gasteiger charge is 2.65. The van der Waals surface area contributed by atoms with Crippen molar-refractivity contribution in [1.29, 1.82) is 0 Å². The third-order valence-corrected chi connectivity index (χ3v) is 7.93. The predicted molar refractivity (Wildman–Crippen MR) is 143 cm³/mol. The number of nitrogens with zero attached hydrogens (tertiary/aromatic N) is 3. The lowest BCUT2D eigenvalue weighted by Crippen LogP contribution is -2.44.